The standard InChI is InChI=1S/C7H13NO2/c1-7(2)9-4-6(10-7)5-3-8-5/h5-6,8H,3-4H2,1-2H3. The van der Waals surface area contributed by atoms with Gasteiger partial charge in [0.15, 0.2) is 5.79 Å². The lowest BCUT2D eigenvalue weighted by atomic mass is 10.3. The van der Waals surface area contributed by atoms with Gasteiger partial charge < -0.3 is 14.8 Å². The fourth-order valence-electron chi connectivity index (χ4n) is 1.24. The van der Waals surface area contributed by atoms with Crippen LogP contribution in [0.3, 0.4) is 0 Å². The van der Waals surface area contributed by atoms with Crippen molar-refractivity contribution < 1.29 is 9.47 Å². The zero-order chi connectivity index (χ0) is 7.19. The van der Waals surface area contributed by atoms with Crippen LogP contribution in [-0.4, -0.2) is 31.1 Å². The second kappa shape index (κ2) is 1.94. The highest BCUT2D eigenvalue weighted by Gasteiger charge is 2.41. The maximum absolute atomic E-state index is 5.59. The molecule has 2 heterocycles. The molecule has 1 N–H and O–H groups in total. The molecule has 0 radical (unpaired) electrons. The fraction of sp³-hybridized carbons (Fsp3) is 1.00. The summed E-state index contributed by atoms with van der Waals surface area (Å²) in [4.78, 5) is 0. The minimum atomic E-state index is -0.352. The molecule has 2 aliphatic rings. The molecule has 10 heavy (non-hydrogen) atoms. The molecule has 2 saturated heterocycles. The van der Waals surface area contributed by atoms with Gasteiger partial charge in [-0.2, -0.15) is 0 Å². The summed E-state index contributed by atoms with van der Waals surface area (Å²) in [5.74, 6) is -0.352. The van der Waals surface area contributed by atoms with E-state index in [4.69, 9.17) is 9.47 Å². The third kappa shape index (κ3) is 1.17. The molecule has 0 aliphatic carbocycles. The van der Waals surface area contributed by atoms with Crippen LogP contribution >= 0.6 is 0 Å². The Labute approximate surface area is 60.7 Å². The molecule has 3 nitrogen and oxygen atoms in total. The van der Waals surface area contributed by atoms with Gasteiger partial charge in [0.2, 0.25) is 0 Å². The summed E-state index contributed by atoms with van der Waals surface area (Å²) in [6.45, 7) is 5.74. The lowest BCUT2D eigenvalue weighted by molar-refractivity contribution is -0.138. The Balaban J connectivity index is 1.92. The van der Waals surface area contributed by atoms with Gasteiger partial charge in [-0.15, -0.1) is 0 Å². The monoisotopic (exact) mass is 143 g/mol. The molecule has 0 amide bonds. The summed E-state index contributed by atoms with van der Waals surface area (Å²) < 4.78 is 11.0. The highest BCUT2D eigenvalue weighted by atomic mass is 16.7. The molecule has 0 bridgehead atoms. The third-order valence-corrected chi connectivity index (χ3v) is 1.92. The summed E-state index contributed by atoms with van der Waals surface area (Å²) in [5.41, 5.74) is 0. The Morgan fingerprint density at radius 3 is 2.60 bits per heavy atom. The molecule has 2 aliphatic heterocycles. The Hall–Kier alpha value is -0.120. The van der Waals surface area contributed by atoms with Gasteiger partial charge in [0, 0.05) is 12.6 Å². The van der Waals surface area contributed by atoms with Gasteiger partial charge in [-0.3, -0.25) is 0 Å². The van der Waals surface area contributed by atoms with Gasteiger partial charge >= 0.3 is 0 Å². The fourth-order valence-corrected chi connectivity index (χ4v) is 1.24. The van der Waals surface area contributed by atoms with E-state index in [1.54, 1.807) is 0 Å². The first-order chi connectivity index (χ1) is 4.67. The normalized spacial score (nSPS) is 43.8. The number of ether oxygens (including phenoxy) is 2. The largest absolute Gasteiger partial charge is 0.348 e. The van der Waals surface area contributed by atoms with Crippen molar-refractivity contribution in [2.45, 2.75) is 31.8 Å². The van der Waals surface area contributed by atoms with Gasteiger partial charge in [0.1, 0.15) is 6.10 Å². The number of hydrogen-bond acceptors (Lipinski definition) is 3. The highest BCUT2D eigenvalue weighted by Crippen LogP contribution is 2.26. The summed E-state index contributed by atoms with van der Waals surface area (Å²) >= 11 is 0. The lowest BCUT2D eigenvalue weighted by Crippen LogP contribution is -2.25. The van der Waals surface area contributed by atoms with E-state index in [-0.39, 0.29) is 11.9 Å². The lowest BCUT2D eigenvalue weighted by Gasteiger charge is -2.16. The first kappa shape index (κ1) is 6.58. The molecule has 2 rings (SSSR count). The van der Waals surface area contributed by atoms with Gasteiger partial charge in [-0.1, -0.05) is 0 Å². The van der Waals surface area contributed by atoms with E-state index in [0.717, 1.165) is 13.2 Å². The van der Waals surface area contributed by atoms with Crippen LogP contribution in [0.15, 0.2) is 0 Å². The highest BCUT2D eigenvalue weighted by molar-refractivity contribution is 4.94. The van der Waals surface area contributed by atoms with Crippen molar-refractivity contribution in [3.63, 3.8) is 0 Å². The minimum absolute atomic E-state index is 0.287. The van der Waals surface area contributed by atoms with E-state index in [2.05, 4.69) is 5.32 Å². The number of rotatable bonds is 1. The summed E-state index contributed by atoms with van der Waals surface area (Å²) in [6, 6.07) is 0.557. The second-order valence-corrected chi connectivity index (χ2v) is 3.38. The zero-order valence-corrected chi connectivity index (χ0v) is 6.39. The SMILES string of the molecule is CC1(C)OCC(C2CN2)O1. The molecule has 58 valence electrons. The van der Waals surface area contributed by atoms with E-state index >= 15 is 0 Å². The molecular formula is C7H13NO2. The van der Waals surface area contributed by atoms with Gasteiger partial charge in [0.05, 0.1) is 6.61 Å². The van der Waals surface area contributed by atoms with E-state index < -0.39 is 0 Å². The average molecular weight is 143 g/mol. The molecular weight excluding hydrogens is 130 g/mol. The molecule has 0 spiro atoms. The Morgan fingerprint density at radius 2 is 2.20 bits per heavy atom. The zero-order valence-electron chi connectivity index (χ0n) is 6.39. The van der Waals surface area contributed by atoms with Crippen LogP contribution in [0.25, 0.3) is 0 Å². The predicted octanol–water partition coefficient (Wildman–Crippen LogP) is 0.110. The maximum atomic E-state index is 5.59. The van der Waals surface area contributed by atoms with Gasteiger partial charge in [-0.25, -0.2) is 0 Å². The maximum Gasteiger partial charge on any atom is 0.163 e. The second-order valence-electron chi connectivity index (χ2n) is 3.38. The van der Waals surface area contributed by atoms with E-state index in [1.165, 1.54) is 0 Å². The number of nitrogens with one attached hydrogen (secondary N) is 1. The Morgan fingerprint density at radius 1 is 1.50 bits per heavy atom. The molecule has 2 atom stereocenters. The van der Waals surface area contributed by atoms with Crippen LogP contribution < -0.4 is 5.32 Å². The topological polar surface area (TPSA) is 40.4 Å². The molecule has 2 unspecified atom stereocenters. The first-order valence-corrected chi connectivity index (χ1v) is 3.72. The number of hydrogen-bond donors (Lipinski definition) is 1. The Bertz CT molecular complexity index is 143. The van der Waals surface area contributed by atoms with Crippen molar-refractivity contribution in [2.24, 2.45) is 0 Å². The van der Waals surface area contributed by atoms with Crippen molar-refractivity contribution in [3.8, 4) is 0 Å². The summed E-state index contributed by atoms with van der Waals surface area (Å²) in [5, 5.41) is 3.21. The van der Waals surface area contributed by atoms with Crippen LogP contribution in [-0.2, 0) is 9.47 Å². The van der Waals surface area contributed by atoms with E-state index in [0.29, 0.717) is 6.04 Å². The van der Waals surface area contributed by atoms with Crippen LogP contribution in [0.1, 0.15) is 13.8 Å². The molecule has 0 saturated carbocycles. The van der Waals surface area contributed by atoms with Crippen LogP contribution in [0.5, 0.6) is 0 Å². The smallest absolute Gasteiger partial charge is 0.163 e. The van der Waals surface area contributed by atoms with Gasteiger partial charge in [-0.05, 0) is 13.8 Å². The van der Waals surface area contributed by atoms with Crippen molar-refractivity contribution in [2.75, 3.05) is 13.2 Å². The minimum Gasteiger partial charge on any atom is -0.348 e. The molecule has 3 heteroatoms. The van der Waals surface area contributed by atoms with E-state index in [1.807, 2.05) is 13.8 Å². The molecule has 0 aromatic carbocycles. The van der Waals surface area contributed by atoms with Crippen molar-refractivity contribution >= 4 is 0 Å². The predicted molar refractivity (Wildman–Crippen MR) is 36.7 cm³/mol. The summed E-state index contributed by atoms with van der Waals surface area (Å²) in [7, 11) is 0. The van der Waals surface area contributed by atoms with E-state index in [9.17, 15) is 0 Å². The average Bonchev–Trinajstić information content (AvgIpc) is 2.59. The molecule has 0 aromatic heterocycles. The van der Waals surface area contributed by atoms with Crippen LogP contribution in [0.2, 0.25) is 0 Å². The quantitative estimate of drug-likeness (QED) is 0.530. The van der Waals surface area contributed by atoms with Crippen LogP contribution in [0.4, 0.5) is 0 Å². The van der Waals surface area contributed by atoms with Gasteiger partial charge in [0.25, 0.3) is 0 Å². The third-order valence-electron chi connectivity index (χ3n) is 1.92. The van der Waals surface area contributed by atoms with Crippen molar-refractivity contribution in [1.82, 2.24) is 5.32 Å². The van der Waals surface area contributed by atoms with Crippen molar-refractivity contribution in [3.05, 3.63) is 0 Å². The Kier molecular flexibility index (Phi) is 1.27. The first-order valence-electron chi connectivity index (χ1n) is 3.72. The van der Waals surface area contributed by atoms with Crippen molar-refractivity contribution in [1.29, 1.82) is 0 Å². The molecule has 2 fully saturated rings. The molecule has 0 aromatic rings. The summed E-state index contributed by atoms with van der Waals surface area (Å²) in [6.07, 6.45) is 0.287. The van der Waals surface area contributed by atoms with Crippen LogP contribution in [0, 0.1) is 0 Å².